The average Bonchev–Trinajstić information content (AvgIpc) is 2.59. The van der Waals surface area contributed by atoms with Crippen molar-refractivity contribution in [3.8, 4) is 11.8 Å². The summed E-state index contributed by atoms with van der Waals surface area (Å²) in [5.74, 6) is 3.14. The minimum Gasteiger partial charge on any atom is -0.497 e. The molecule has 0 radical (unpaired) electrons. The Balaban J connectivity index is 2.37. The standard InChI is InChI=1S/C17H20N2OS2/c1-20-15-5-3-14(4-6-15)17(13-16(21-2)7-8-18)19-9-11-22-12-10-19/h3-7,13H,9-12H2,1-2H3/b16-7-,17-13+. The zero-order chi connectivity index (χ0) is 15.8. The largest absolute Gasteiger partial charge is 0.497 e. The molecule has 5 heteroatoms. The van der Waals surface area contributed by atoms with Gasteiger partial charge < -0.3 is 9.64 Å². The topological polar surface area (TPSA) is 36.3 Å². The van der Waals surface area contributed by atoms with E-state index >= 15 is 0 Å². The second kappa shape index (κ2) is 8.82. The van der Waals surface area contributed by atoms with E-state index in [-0.39, 0.29) is 0 Å². The maximum absolute atomic E-state index is 8.93. The van der Waals surface area contributed by atoms with Crippen LogP contribution in [0.25, 0.3) is 5.70 Å². The lowest BCUT2D eigenvalue weighted by Gasteiger charge is -2.31. The van der Waals surface area contributed by atoms with Crippen molar-refractivity contribution < 1.29 is 4.74 Å². The number of thioether (sulfide) groups is 2. The van der Waals surface area contributed by atoms with Crippen LogP contribution in [-0.4, -0.2) is 42.9 Å². The minimum absolute atomic E-state index is 0.856. The summed E-state index contributed by atoms with van der Waals surface area (Å²) in [6.07, 6.45) is 5.72. The van der Waals surface area contributed by atoms with Gasteiger partial charge in [0.2, 0.25) is 0 Å². The van der Waals surface area contributed by atoms with Gasteiger partial charge in [-0.25, -0.2) is 0 Å². The van der Waals surface area contributed by atoms with Crippen LogP contribution in [0.3, 0.4) is 0 Å². The van der Waals surface area contributed by atoms with Gasteiger partial charge in [-0.05, 0) is 42.2 Å². The number of benzene rings is 1. The Bertz CT molecular complexity index is 582. The molecule has 1 heterocycles. The van der Waals surface area contributed by atoms with E-state index in [1.165, 1.54) is 5.70 Å². The summed E-state index contributed by atoms with van der Waals surface area (Å²) < 4.78 is 5.24. The fourth-order valence-corrected chi connectivity index (χ4v) is 3.58. The van der Waals surface area contributed by atoms with Crippen molar-refractivity contribution in [3.05, 3.63) is 46.9 Å². The van der Waals surface area contributed by atoms with Crippen LogP contribution in [0.15, 0.2) is 41.3 Å². The fourth-order valence-electron chi connectivity index (χ4n) is 2.28. The molecule has 1 aliphatic heterocycles. The van der Waals surface area contributed by atoms with Crippen molar-refractivity contribution >= 4 is 29.2 Å². The van der Waals surface area contributed by atoms with Gasteiger partial charge in [0, 0.05) is 41.3 Å². The highest BCUT2D eigenvalue weighted by molar-refractivity contribution is 8.02. The maximum Gasteiger partial charge on any atom is 0.118 e. The number of nitriles is 1. The third kappa shape index (κ3) is 4.49. The minimum atomic E-state index is 0.856. The highest BCUT2D eigenvalue weighted by atomic mass is 32.2. The predicted octanol–water partition coefficient (Wildman–Crippen LogP) is 3.86. The number of allylic oxidation sites excluding steroid dienone is 2. The lowest BCUT2D eigenvalue weighted by molar-refractivity contribution is 0.414. The molecule has 0 N–H and O–H groups in total. The van der Waals surface area contributed by atoms with Crippen molar-refractivity contribution in [3.63, 3.8) is 0 Å². The molecule has 0 bridgehead atoms. The molecule has 22 heavy (non-hydrogen) atoms. The number of ether oxygens (including phenoxy) is 1. The Morgan fingerprint density at radius 1 is 1.32 bits per heavy atom. The molecule has 0 atom stereocenters. The van der Waals surface area contributed by atoms with Crippen molar-refractivity contribution in [2.24, 2.45) is 0 Å². The van der Waals surface area contributed by atoms with Gasteiger partial charge in [-0.1, -0.05) is 0 Å². The van der Waals surface area contributed by atoms with Crippen molar-refractivity contribution in [2.45, 2.75) is 0 Å². The fraction of sp³-hybridized carbons (Fsp3) is 0.353. The van der Waals surface area contributed by atoms with Crippen LogP contribution < -0.4 is 4.74 Å². The van der Waals surface area contributed by atoms with Gasteiger partial charge in [0.1, 0.15) is 5.75 Å². The summed E-state index contributed by atoms with van der Waals surface area (Å²) in [4.78, 5) is 3.38. The molecule has 0 aromatic heterocycles. The zero-order valence-electron chi connectivity index (χ0n) is 12.9. The van der Waals surface area contributed by atoms with Gasteiger partial charge in [0.25, 0.3) is 0 Å². The van der Waals surface area contributed by atoms with Gasteiger partial charge in [-0.15, -0.1) is 11.8 Å². The van der Waals surface area contributed by atoms with E-state index in [2.05, 4.69) is 29.2 Å². The summed E-state index contributed by atoms with van der Waals surface area (Å²) in [7, 11) is 1.68. The van der Waals surface area contributed by atoms with Crippen LogP contribution in [-0.2, 0) is 0 Å². The van der Waals surface area contributed by atoms with E-state index in [0.29, 0.717) is 0 Å². The first kappa shape index (κ1) is 16.9. The molecule has 1 aromatic rings. The summed E-state index contributed by atoms with van der Waals surface area (Å²) in [6.45, 7) is 2.08. The highest BCUT2D eigenvalue weighted by Crippen LogP contribution is 2.28. The zero-order valence-corrected chi connectivity index (χ0v) is 14.5. The first-order chi connectivity index (χ1) is 10.8. The average molecular weight is 332 g/mol. The molecule has 116 valence electrons. The molecule has 1 fully saturated rings. The molecule has 0 spiro atoms. The quantitative estimate of drug-likeness (QED) is 0.604. The Labute approximate surface area is 141 Å². The van der Waals surface area contributed by atoms with Gasteiger partial charge in [-0.2, -0.15) is 17.0 Å². The van der Waals surface area contributed by atoms with Crippen molar-refractivity contribution in [2.75, 3.05) is 38.0 Å². The smallest absolute Gasteiger partial charge is 0.118 e. The van der Waals surface area contributed by atoms with E-state index in [0.717, 1.165) is 40.8 Å². The van der Waals surface area contributed by atoms with Gasteiger partial charge in [-0.3, -0.25) is 0 Å². The molecule has 0 saturated carbocycles. The maximum atomic E-state index is 8.93. The number of methoxy groups -OCH3 is 1. The van der Waals surface area contributed by atoms with Crippen LogP contribution in [0.5, 0.6) is 5.75 Å². The number of hydrogen-bond acceptors (Lipinski definition) is 5. The second-order valence-electron chi connectivity index (χ2n) is 4.74. The van der Waals surface area contributed by atoms with Crippen LogP contribution in [0.2, 0.25) is 0 Å². The molecule has 0 amide bonds. The summed E-state index contributed by atoms with van der Waals surface area (Å²) >= 11 is 3.59. The second-order valence-corrected chi connectivity index (χ2v) is 6.84. The first-order valence-electron chi connectivity index (χ1n) is 7.11. The van der Waals surface area contributed by atoms with E-state index in [9.17, 15) is 0 Å². The summed E-state index contributed by atoms with van der Waals surface area (Å²) in [5.41, 5.74) is 2.34. The van der Waals surface area contributed by atoms with Crippen LogP contribution >= 0.6 is 23.5 Å². The Hall–Kier alpha value is -1.51. The number of nitrogens with zero attached hydrogens (tertiary/aromatic N) is 2. The predicted molar refractivity (Wildman–Crippen MR) is 97.1 cm³/mol. The van der Waals surface area contributed by atoms with Crippen molar-refractivity contribution in [1.82, 2.24) is 4.90 Å². The molecule has 0 aliphatic carbocycles. The molecule has 1 aliphatic rings. The van der Waals surface area contributed by atoms with E-state index in [1.54, 1.807) is 24.9 Å². The highest BCUT2D eigenvalue weighted by Gasteiger charge is 2.16. The van der Waals surface area contributed by atoms with E-state index in [1.807, 2.05) is 30.2 Å². The Morgan fingerprint density at radius 2 is 2.00 bits per heavy atom. The van der Waals surface area contributed by atoms with Gasteiger partial charge in [0.15, 0.2) is 0 Å². The molecular formula is C17H20N2OS2. The molecular weight excluding hydrogens is 312 g/mol. The monoisotopic (exact) mass is 332 g/mol. The third-order valence-electron chi connectivity index (χ3n) is 3.46. The summed E-state index contributed by atoms with van der Waals surface area (Å²) in [5, 5.41) is 8.93. The molecule has 3 nitrogen and oxygen atoms in total. The van der Waals surface area contributed by atoms with E-state index < -0.39 is 0 Å². The number of hydrogen-bond donors (Lipinski definition) is 0. The molecule has 0 unspecified atom stereocenters. The summed E-state index contributed by atoms with van der Waals surface area (Å²) in [6, 6.07) is 10.2. The normalized spacial score (nSPS) is 16.3. The van der Waals surface area contributed by atoms with Crippen molar-refractivity contribution in [1.29, 1.82) is 5.26 Å². The van der Waals surface area contributed by atoms with Crippen LogP contribution in [0.4, 0.5) is 0 Å². The lowest BCUT2D eigenvalue weighted by Crippen LogP contribution is -2.31. The Morgan fingerprint density at radius 3 is 2.55 bits per heavy atom. The SMILES string of the molecule is COc1ccc(/C(=C\C(=C\C#N)SC)N2CCSCC2)cc1. The van der Waals surface area contributed by atoms with Gasteiger partial charge >= 0.3 is 0 Å². The Kier molecular flexibility index (Phi) is 6.75. The van der Waals surface area contributed by atoms with Gasteiger partial charge in [0.05, 0.1) is 13.2 Å². The van der Waals surface area contributed by atoms with Crippen LogP contribution in [0.1, 0.15) is 5.56 Å². The molecule has 1 aromatic carbocycles. The molecule has 1 saturated heterocycles. The lowest BCUT2D eigenvalue weighted by atomic mass is 10.1. The third-order valence-corrected chi connectivity index (χ3v) is 5.11. The van der Waals surface area contributed by atoms with Crippen LogP contribution in [0, 0.1) is 11.3 Å². The molecule has 2 rings (SSSR count). The number of rotatable bonds is 5. The first-order valence-corrected chi connectivity index (χ1v) is 9.49. The van der Waals surface area contributed by atoms with E-state index in [4.69, 9.17) is 10.00 Å².